The van der Waals surface area contributed by atoms with Gasteiger partial charge in [-0.15, -0.1) is 0 Å². The third-order valence-corrected chi connectivity index (χ3v) is 2.35. The molecule has 0 unspecified atom stereocenters. The van der Waals surface area contributed by atoms with Crippen LogP contribution in [0, 0.1) is 0 Å². The minimum absolute atomic E-state index is 0.612. The van der Waals surface area contributed by atoms with Crippen molar-refractivity contribution in [2.75, 3.05) is 13.7 Å². The lowest BCUT2D eigenvalue weighted by atomic mass is 10.0. The number of benzene rings is 1. The third-order valence-electron chi connectivity index (χ3n) is 2.12. The van der Waals surface area contributed by atoms with Crippen molar-refractivity contribution in [1.29, 1.82) is 0 Å². The molecule has 0 aliphatic rings. The number of rotatable bonds is 5. The maximum atomic E-state index is 5.91. The van der Waals surface area contributed by atoms with Gasteiger partial charge in [0.15, 0.2) is 0 Å². The predicted octanol–water partition coefficient (Wildman–Crippen LogP) is 2.38. The molecule has 0 aromatic heterocycles. The highest BCUT2D eigenvalue weighted by molar-refractivity contribution is 6.30. The molecule has 0 atom stereocenters. The van der Waals surface area contributed by atoms with Crippen LogP contribution in [0.5, 0.6) is 0 Å². The molecule has 78 valence electrons. The molecule has 1 rings (SSSR count). The first-order valence-corrected chi connectivity index (χ1v) is 5.12. The fourth-order valence-corrected chi connectivity index (χ4v) is 1.62. The van der Waals surface area contributed by atoms with Gasteiger partial charge in [-0.2, -0.15) is 0 Å². The highest BCUT2D eigenvalue weighted by atomic mass is 35.5. The van der Waals surface area contributed by atoms with Crippen LogP contribution in [0.1, 0.15) is 17.5 Å². The second-order valence-electron chi connectivity index (χ2n) is 3.24. The summed E-state index contributed by atoms with van der Waals surface area (Å²) >= 11 is 5.91. The normalized spacial score (nSPS) is 10.5. The number of hydrogen-bond acceptors (Lipinski definition) is 2. The van der Waals surface area contributed by atoms with Gasteiger partial charge in [0.1, 0.15) is 0 Å². The molecule has 2 N–H and O–H groups in total. The number of nitrogens with two attached hydrogens (primary N) is 1. The van der Waals surface area contributed by atoms with Crippen LogP contribution in [0.3, 0.4) is 0 Å². The van der Waals surface area contributed by atoms with Crippen LogP contribution in [0.25, 0.3) is 0 Å². The van der Waals surface area contributed by atoms with E-state index >= 15 is 0 Å². The van der Waals surface area contributed by atoms with Gasteiger partial charge in [0.25, 0.3) is 0 Å². The summed E-state index contributed by atoms with van der Waals surface area (Å²) in [7, 11) is 1.69. The van der Waals surface area contributed by atoms with Gasteiger partial charge in [0.2, 0.25) is 0 Å². The maximum absolute atomic E-state index is 5.91. The zero-order valence-electron chi connectivity index (χ0n) is 8.42. The minimum Gasteiger partial charge on any atom is -0.380 e. The van der Waals surface area contributed by atoms with Crippen LogP contribution in [0.15, 0.2) is 18.2 Å². The summed E-state index contributed by atoms with van der Waals surface area (Å²) in [4.78, 5) is 0. The third kappa shape index (κ3) is 3.29. The van der Waals surface area contributed by atoms with Crippen LogP contribution in [0.4, 0.5) is 0 Å². The molecule has 0 bridgehead atoms. The van der Waals surface area contributed by atoms with Crippen molar-refractivity contribution in [2.24, 2.45) is 5.73 Å². The molecule has 0 aliphatic heterocycles. The van der Waals surface area contributed by atoms with E-state index in [-0.39, 0.29) is 0 Å². The Balaban J connectivity index is 2.78. The molecule has 1 aromatic rings. The Kier molecular flexibility index (Phi) is 4.94. The molecule has 0 fully saturated rings. The molecule has 3 heteroatoms. The smallest absolute Gasteiger partial charge is 0.0716 e. The SMILES string of the molecule is COCc1cc(Cl)ccc1CCCN. The zero-order valence-corrected chi connectivity index (χ0v) is 9.18. The Bertz CT molecular complexity index is 289. The second kappa shape index (κ2) is 6.02. The molecule has 14 heavy (non-hydrogen) atoms. The Labute approximate surface area is 90.0 Å². The van der Waals surface area contributed by atoms with E-state index in [4.69, 9.17) is 22.1 Å². The van der Waals surface area contributed by atoms with Gasteiger partial charge in [-0.1, -0.05) is 17.7 Å². The number of hydrogen-bond donors (Lipinski definition) is 1. The summed E-state index contributed by atoms with van der Waals surface area (Å²) in [5, 5.41) is 0.758. The Morgan fingerprint density at radius 2 is 2.14 bits per heavy atom. The van der Waals surface area contributed by atoms with E-state index in [1.54, 1.807) is 7.11 Å². The van der Waals surface area contributed by atoms with E-state index in [2.05, 4.69) is 0 Å². The maximum Gasteiger partial charge on any atom is 0.0716 e. The van der Waals surface area contributed by atoms with Crippen LogP contribution in [-0.2, 0) is 17.8 Å². The van der Waals surface area contributed by atoms with Crippen molar-refractivity contribution in [3.63, 3.8) is 0 Å². The standard InChI is InChI=1S/C11H16ClNO/c1-14-8-10-7-11(12)5-4-9(10)3-2-6-13/h4-5,7H,2-3,6,8,13H2,1H3. The van der Waals surface area contributed by atoms with Crippen LogP contribution < -0.4 is 5.73 Å². The van der Waals surface area contributed by atoms with E-state index in [9.17, 15) is 0 Å². The molecule has 0 heterocycles. The van der Waals surface area contributed by atoms with Gasteiger partial charge in [-0.25, -0.2) is 0 Å². The topological polar surface area (TPSA) is 35.2 Å². The summed E-state index contributed by atoms with van der Waals surface area (Å²) in [5.74, 6) is 0. The Morgan fingerprint density at radius 1 is 1.36 bits per heavy atom. The van der Waals surface area contributed by atoms with Gasteiger partial charge in [-0.05, 0) is 42.6 Å². The average molecular weight is 214 g/mol. The summed E-state index contributed by atoms with van der Waals surface area (Å²) in [6.07, 6.45) is 1.99. The summed E-state index contributed by atoms with van der Waals surface area (Å²) in [6.45, 7) is 1.33. The van der Waals surface area contributed by atoms with Gasteiger partial charge >= 0.3 is 0 Å². The zero-order chi connectivity index (χ0) is 10.4. The summed E-state index contributed by atoms with van der Waals surface area (Å²) < 4.78 is 5.11. The fourth-order valence-electron chi connectivity index (χ4n) is 1.42. The lowest BCUT2D eigenvalue weighted by Gasteiger charge is -2.08. The van der Waals surface area contributed by atoms with Crippen LogP contribution in [0.2, 0.25) is 5.02 Å². The average Bonchev–Trinajstić information content (AvgIpc) is 2.17. The second-order valence-corrected chi connectivity index (χ2v) is 3.67. The van der Waals surface area contributed by atoms with Crippen molar-refractivity contribution in [2.45, 2.75) is 19.4 Å². The Hall–Kier alpha value is -0.570. The predicted molar refractivity (Wildman–Crippen MR) is 59.5 cm³/mol. The van der Waals surface area contributed by atoms with E-state index < -0.39 is 0 Å². The lowest BCUT2D eigenvalue weighted by Crippen LogP contribution is -2.03. The van der Waals surface area contributed by atoms with Crippen LogP contribution in [-0.4, -0.2) is 13.7 Å². The van der Waals surface area contributed by atoms with Gasteiger partial charge in [-0.3, -0.25) is 0 Å². The molecule has 0 amide bonds. The van der Waals surface area contributed by atoms with Gasteiger partial charge < -0.3 is 10.5 Å². The molecular weight excluding hydrogens is 198 g/mol. The molecule has 0 saturated heterocycles. The molecule has 0 radical (unpaired) electrons. The van der Waals surface area contributed by atoms with Crippen molar-refractivity contribution >= 4 is 11.6 Å². The summed E-state index contributed by atoms with van der Waals surface area (Å²) in [5.41, 5.74) is 7.91. The van der Waals surface area contributed by atoms with Gasteiger partial charge in [0, 0.05) is 12.1 Å². The van der Waals surface area contributed by atoms with Crippen molar-refractivity contribution in [1.82, 2.24) is 0 Å². The molecule has 2 nitrogen and oxygen atoms in total. The minimum atomic E-state index is 0.612. The van der Waals surface area contributed by atoms with E-state index in [1.165, 1.54) is 5.56 Å². The van der Waals surface area contributed by atoms with Crippen molar-refractivity contribution in [3.8, 4) is 0 Å². The highest BCUT2D eigenvalue weighted by Gasteiger charge is 2.02. The molecule has 0 saturated carbocycles. The molecule has 1 aromatic carbocycles. The monoisotopic (exact) mass is 213 g/mol. The molecular formula is C11H16ClNO. The van der Waals surface area contributed by atoms with E-state index in [1.807, 2.05) is 18.2 Å². The quantitative estimate of drug-likeness (QED) is 0.815. The fraction of sp³-hybridized carbons (Fsp3) is 0.455. The van der Waals surface area contributed by atoms with E-state index in [0.29, 0.717) is 6.61 Å². The molecule has 0 aliphatic carbocycles. The number of methoxy groups -OCH3 is 1. The van der Waals surface area contributed by atoms with Gasteiger partial charge in [0.05, 0.1) is 6.61 Å². The highest BCUT2D eigenvalue weighted by Crippen LogP contribution is 2.18. The number of halogens is 1. The first kappa shape index (κ1) is 11.5. The van der Waals surface area contributed by atoms with Crippen molar-refractivity contribution < 1.29 is 4.74 Å². The lowest BCUT2D eigenvalue weighted by molar-refractivity contribution is 0.184. The summed E-state index contributed by atoms with van der Waals surface area (Å²) in [6, 6.07) is 5.91. The molecule has 0 spiro atoms. The van der Waals surface area contributed by atoms with E-state index in [0.717, 1.165) is 30.0 Å². The number of aryl methyl sites for hydroxylation is 1. The Morgan fingerprint density at radius 3 is 2.79 bits per heavy atom. The first-order valence-electron chi connectivity index (χ1n) is 4.74. The van der Waals surface area contributed by atoms with Crippen LogP contribution >= 0.6 is 11.6 Å². The number of ether oxygens (including phenoxy) is 1. The van der Waals surface area contributed by atoms with Crippen molar-refractivity contribution in [3.05, 3.63) is 34.3 Å². The largest absolute Gasteiger partial charge is 0.380 e. The first-order chi connectivity index (χ1) is 6.77.